The van der Waals surface area contributed by atoms with Gasteiger partial charge >= 0.3 is 0 Å². The zero-order valence-electron chi connectivity index (χ0n) is 11.3. The number of aromatic nitrogens is 2. The van der Waals surface area contributed by atoms with Crippen molar-refractivity contribution in [3.8, 4) is 0 Å². The lowest BCUT2D eigenvalue weighted by atomic mass is 10.0. The third-order valence-electron chi connectivity index (χ3n) is 3.80. The van der Waals surface area contributed by atoms with Crippen molar-refractivity contribution in [1.29, 1.82) is 0 Å². The first-order chi connectivity index (χ1) is 8.81. The van der Waals surface area contributed by atoms with E-state index in [0.29, 0.717) is 5.82 Å². The Kier molecular flexibility index (Phi) is 4.79. The molecule has 1 heterocycles. The van der Waals surface area contributed by atoms with Crippen molar-refractivity contribution in [2.75, 3.05) is 17.6 Å². The maximum Gasteiger partial charge on any atom is 0.134 e. The Labute approximate surface area is 109 Å². The molecule has 0 radical (unpaired) electrons. The number of anilines is 2. The number of rotatable bonds is 6. The molecular weight excluding hydrogens is 224 g/mol. The average molecular weight is 248 g/mol. The van der Waals surface area contributed by atoms with Gasteiger partial charge in [0.05, 0.1) is 0 Å². The fourth-order valence-electron chi connectivity index (χ4n) is 2.77. The summed E-state index contributed by atoms with van der Waals surface area (Å²) in [5.41, 5.74) is 6.99. The molecule has 18 heavy (non-hydrogen) atoms. The van der Waals surface area contributed by atoms with Crippen molar-refractivity contribution >= 4 is 11.6 Å². The minimum absolute atomic E-state index is 0.621. The quantitative estimate of drug-likeness (QED) is 0.812. The third kappa shape index (κ3) is 3.34. The standard InChI is InChI=1S/C14H24N4/c1-2-5-12-13(15)17-10-18-14(12)16-9-8-11-6-3-4-7-11/h10-11H,2-9H2,1H3,(H3,15,16,17,18). The highest BCUT2D eigenvalue weighted by Gasteiger charge is 2.15. The number of hydrogen-bond acceptors (Lipinski definition) is 4. The van der Waals surface area contributed by atoms with Gasteiger partial charge < -0.3 is 11.1 Å². The minimum Gasteiger partial charge on any atom is -0.383 e. The number of nitrogens with two attached hydrogens (primary N) is 1. The maximum absolute atomic E-state index is 5.91. The van der Waals surface area contributed by atoms with E-state index in [9.17, 15) is 0 Å². The van der Waals surface area contributed by atoms with E-state index in [1.165, 1.54) is 32.1 Å². The predicted octanol–water partition coefficient (Wildman–Crippen LogP) is 3.00. The number of nitrogens with zero attached hydrogens (tertiary/aromatic N) is 2. The molecule has 100 valence electrons. The number of nitrogen functional groups attached to an aromatic ring is 1. The van der Waals surface area contributed by atoms with E-state index in [4.69, 9.17) is 5.73 Å². The normalized spacial score (nSPS) is 16.1. The summed E-state index contributed by atoms with van der Waals surface area (Å²) in [4.78, 5) is 8.39. The van der Waals surface area contributed by atoms with Gasteiger partial charge in [-0.2, -0.15) is 0 Å². The zero-order valence-corrected chi connectivity index (χ0v) is 11.3. The Hall–Kier alpha value is -1.32. The first-order valence-electron chi connectivity index (χ1n) is 7.14. The van der Waals surface area contributed by atoms with Gasteiger partial charge in [0.15, 0.2) is 0 Å². The van der Waals surface area contributed by atoms with E-state index in [1.54, 1.807) is 6.33 Å². The Morgan fingerprint density at radius 1 is 1.33 bits per heavy atom. The molecule has 0 saturated heterocycles. The molecule has 0 aromatic carbocycles. The van der Waals surface area contributed by atoms with E-state index < -0.39 is 0 Å². The summed E-state index contributed by atoms with van der Waals surface area (Å²) in [5, 5.41) is 3.43. The molecule has 1 aliphatic rings. The van der Waals surface area contributed by atoms with Crippen molar-refractivity contribution in [3.63, 3.8) is 0 Å². The van der Waals surface area contributed by atoms with E-state index in [0.717, 1.165) is 36.7 Å². The second kappa shape index (κ2) is 6.57. The zero-order chi connectivity index (χ0) is 12.8. The summed E-state index contributed by atoms with van der Waals surface area (Å²) in [7, 11) is 0. The van der Waals surface area contributed by atoms with Crippen molar-refractivity contribution in [2.24, 2.45) is 5.92 Å². The summed E-state index contributed by atoms with van der Waals surface area (Å²) in [6.45, 7) is 3.15. The van der Waals surface area contributed by atoms with Gasteiger partial charge in [0.1, 0.15) is 18.0 Å². The highest BCUT2D eigenvalue weighted by molar-refractivity contribution is 5.54. The van der Waals surface area contributed by atoms with Crippen LogP contribution in [0.3, 0.4) is 0 Å². The van der Waals surface area contributed by atoms with E-state index in [-0.39, 0.29) is 0 Å². The highest BCUT2D eigenvalue weighted by Crippen LogP contribution is 2.27. The molecule has 0 bridgehead atoms. The number of nitrogens with one attached hydrogen (secondary N) is 1. The molecule has 0 spiro atoms. The third-order valence-corrected chi connectivity index (χ3v) is 3.80. The van der Waals surface area contributed by atoms with Crippen LogP contribution in [0.4, 0.5) is 11.6 Å². The molecule has 3 N–H and O–H groups in total. The lowest BCUT2D eigenvalue weighted by Gasteiger charge is -2.13. The summed E-state index contributed by atoms with van der Waals surface area (Å²) >= 11 is 0. The molecule has 1 aromatic rings. The van der Waals surface area contributed by atoms with Crippen LogP contribution in [0.1, 0.15) is 51.0 Å². The summed E-state index contributed by atoms with van der Waals surface area (Å²) in [6.07, 6.45) is 10.4. The van der Waals surface area contributed by atoms with Crippen LogP contribution in [0.25, 0.3) is 0 Å². The minimum atomic E-state index is 0.621. The Balaban J connectivity index is 1.89. The average Bonchev–Trinajstić information content (AvgIpc) is 2.86. The topological polar surface area (TPSA) is 63.8 Å². The van der Waals surface area contributed by atoms with Crippen molar-refractivity contribution < 1.29 is 0 Å². The first kappa shape index (κ1) is 13.1. The van der Waals surface area contributed by atoms with E-state index in [2.05, 4.69) is 22.2 Å². The van der Waals surface area contributed by atoms with Gasteiger partial charge in [0.2, 0.25) is 0 Å². The second-order valence-corrected chi connectivity index (χ2v) is 5.20. The van der Waals surface area contributed by atoms with Gasteiger partial charge in [0, 0.05) is 12.1 Å². The molecule has 2 rings (SSSR count). The maximum atomic E-state index is 5.91. The molecule has 0 unspecified atom stereocenters. The van der Waals surface area contributed by atoms with Crippen LogP contribution < -0.4 is 11.1 Å². The van der Waals surface area contributed by atoms with Crippen molar-refractivity contribution in [1.82, 2.24) is 9.97 Å². The molecular formula is C14H24N4. The summed E-state index contributed by atoms with van der Waals surface area (Å²) < 4.78 is 0. The molecule has 0 atom stereocenters. The molecule has 1 saturated carbocycles. The van der Waals surface area contributed by atoms with Crippen LogP contribution in [0.5, 0.6) is 0 Å². The van der Waals surface area contributed by atoms with Gasteiger partial charge in [-0.1, -0.05) is 39.0 Å². The van der Waals surface area contributed by atoms with Crippen molar-refractivity contribution in [2.45, 2.75) is 51.9 Å². The molecule has 1 fully saturated rings. The SMILES string of the molecule is CCCc1c(N)ncnc1NCCC1CCCC1. The largest absolute Gasteiger partial charge is 0.383 e. The van der Waals surface area contributed by atoms with Crippen LogP contribution in [0.15, 0.2) is 6.33 Å². The summed E-state index contributed by atoms with van der Waals surface area (Å²) in [5.74, 6) is 2.46. The fourth-order valence-corrected chi connectivity index (χ4v) is 2.77. The van der Waals surface area contributed by atoms with Gasteiger partial charge in [-0.3, -0.25) is 0 Å². The Bertz CT molecular complexity index is 372. The van der Waals surface area contributed by atoms with Gasteiger partial charge in [-0.25, -0.2) is 9.97 Å². The monoisotopic (exact) mass is 248 g/mol. The molecule has 1 aliphatic carbocycles. The van der Waals surface area contributed by atoms with Crippen LogP contribution in [0, 0.1) is 5.92 Å². The predicted molar refractivity (Wildman–Crippen MR) is 75.5 cm³/mol. The fraction of sp³-hybridized carbons (Fsp3) is 0.714. The Morgan fingerprint density at radius 2 is 2.11 bits per heavy atom. The lowest BCUT2D eigenvalue weighted by Crippen LogP contribution is -2.11. The van der Waals surface area contributed by atoms with Crippen LogP contribution >= 0.6 is 0 Å². The van der Waals surface area contributed by atoms with Crippen LogP contribution in [-0.4, -0.2) is 16.5 Å². The number of hydrogen-bond donors (Lipinski definition) is 2. The second-order valence-electron chi connectivity index (χ2n) is 5.20. The molecule has 4 nitrogen and oxygen atoms in total. The van der Waals surface area contributed by atoms with Crippen molar-refractivity contribution in [3.05, 3.63) is 11.9 Å². The Morgan fingerprint density at radius 3 is 2.83 bits per heavy atom. The van der Waals surface area contributed by atoms with Gasteiger partial charge in [-0.05, 0) is 18.8 Å². The van der Waals surface area contributed by atoms with Gasteiger partial charge in [-0.15, -0.1) is 0 Å². The lowest BCUT2D eigenvalue weighted by molar-refractivity contribution is 0.518. The molecule has 4 heteroatoms. The van der Waals surface area contributed by atoms with E-state index >= 15 is 0 Å². The van der Waals surface area contributed by atoms with Crippen LogP contribution in [0.2, 0.25) is 0 Å². The van der Waals surface area contributed by atoms with E-state index in [1.807, 2.05) is 0 Å². The summed E-state index contributed by atoms with van der Waals surface area (Å²) in [6, 6.07) is 0. The molecule has 0 aliphatic heterocycles. The van der Waals surface area contributed by atoms with Gasteiger partial charge in [0.25, 0.3) is 0 Å². The van der Waals surface area contributed by atoms with Crippen LogP contribution in [-0.2, 0) is 6.42 Å². The molecule has 0 amide bonds. The smallest absolute Gasteiger partial charge is 0.134 e. The molecule has 1 aromatic heterocycles. The highest BCUT2D eigenvalue weighted by atomic mass is 15.0. The first-order valence-corrected chi connectivity index (χ1v) is 7.14.